The summed E-state index contributed by atoms with van der Waals surface area (Å²) >= 11 is 5.36. The Balaban J connectivity index is 2.61. The lowest BCUT2D eigenvalue weighted by atomic mass is 10.1. The molecule has 0 aliphatic carbocycles. The molecule has 0 aliphatic rings. The molecule has 0 atom stereocenters. The molecule has 16 heavy (non-hydrogen) atoms. The first-order chi connectivity index (χ1) is 7.68. The topological polar surface area (TPSA) is 9.86 Å². The van der Waals surface area contributed by atoms with Gasteiger partial charge in [-0.15, -0.1) is 0 Å². The van der Waals surface area contributed by atoms with E-state index >= 15 is 0 Å². The van der Waals surface area contributed by atoms with Crippen LogP contribution in [0.25, 0.3) is 21.8 Å². The fourth-order valence-corrected chi connectivity index (χ4v) is 2.38. The van der Waals surface area contributed by atoms with Crippen LogP contribution in [0.5, 0.6) is 0 Å². The van der Waals surface area contributed by atoms with Gasteiger partial charge in [0.25, 0.3) is 0 Å². The molecule has 0 amide bonds. The Labute approximate surface area is 98.7 Å². The molecule has 3 aromatic rings. The molecular weight excluding hydrogens is 216 g/mol. The first-order valence-electron chi connectivity index (χ1n) is 5.23. The molecule has 0 radical (unpaired) electrons. The Morgan fingerprint density at radius 1 is 0.875 bits per heavy atom. The fraction of sp³-hybridized carbons (Fsp3) is 0.154. The van der Waals surface area contributed by atoms with Crippen molar-refractivity contribution < 1.29 is 0 Å². The normalized spacial score (nSPS) is 11.4. The van der Waals surface area contributed by atoms with Crippen molar-refractivity contribution in [3.05, 3.63) is 41.2 Å². The van der Waals surface area contributed by atoms with Crippen molar-refractivity contribution in [2.75, 3.05) is 0 Å². The van der Waals surface area contributed by atoms with Gasteiger partial charge in [-0.05, 0) is 35.1 Å². The zero-order valence-corrected chi connectivity index (χ0v) is 10.1. The van der Waals surface area contributed by atoms with E-state index in [1.807, 2.05) is 14.1 Å². The number of benzene rings is 2. The molecular formula is C13H12N2S. The summed E-state index contributed by atoms with van der Waals surface area (Å²) in [6, 6.07) is 12.8. The van der Waals surface area contributed by atoms with Gasteiger partial charge in [0.15, 0.2) is 4.77 Å². The monoisotopic (exact) mass is 228 g/mol. The van der Waals surface area contributed by atoms with Crippen LogP contribution in [0.4, 0.5) is 0 Å². The van der Waals surface area contributed by atoms with Crippen LogP contribution in [-0.2, 0) is 14.1 Å². The molecule has 0 N–H and O–H groups in total. The molecule has 0 saturated carbocycles. The quantitative estimate of drug-likeness (QED) is 0.536. The number of rotatable bonds is 0. The molecule has 0 spiro atoms. The summed E-state index contributed by atoms with van der Waals surface area (Å²) in [7, 11) is 4.03. The maximum Gasteiger partial charge on any atom is 0.180 e. The van der Waals surface area contributed by atoms with E-state index < -0.39 is 0 Å². The van der Waals surface area contributed by atoms with Gasteiger partial charge in [-0.2, -0.15) is 0 Å². The smallest absolute Gasteiger partial charge is 0.180 e. The molecule has 2 nitrogen and oxygen atoms in total. The van der Waals surface area contributed by atoms with E-state index in [1.54, 1.807) is 0 Å². The van der Waals surface area contributed by atoms with E-state index in [1.165, 1.54) is 21.8 Å². The van der Waals surface area contributed by atoms with Crippen molar-refractivity contribution in [1.82, 2.24) is 9.13 Å². The van der Waals surface area contributed by atoms with E-state index in [4.69, 9.17) is 12.2 Å². The minimum Gasteiger partial charge on any atom is -0.320 e. The van der Waals surface area contributed by atoms with Crippen LogP contribution in [0.3, 0.4) is 0 Å². The van der Waals surface area contributed by atoms with Crippen LogP contribution >= 0.6 is 12.2 Å². The van der Waals surface area contributed by atoms with Crippen LogP contribution in [0.1, 0.15) is 0 Å². The molecule has 0 bridgehead atoms. The molecule has 0 unspecified atom stereocenters. The average Bonchev–Trinajstić information content (AvgIpc) is 2.52. The molecule has 0 fully saturated rings. The lowest BCUT2D eigenvalue weighted by Crippen LogP contribution is -1.90. The maximum atomic E-state index is 5.36. The van der Waals surface area contributed by atoms with Crippen molar-refractivity contribution in [2.45, 2.75) is 0 Å². The average molecular weight is 228 g/mol. The van der Waals surface area contributed by atoms with Gasteiger partial charge in [-0.25, -0.2) is 0 Å². The van der Waals surface area contributed by atoms with E-state index in [0.717, 1.165) is 4.77 Å². The minimum absolute atomic E-state index is 0.852. The Morgan fingerprint density at radius 3 is 1.75 bits per heavy atom. The van der Waals surface area contributed by atoms with E-state index in [2.05, 4.69) is 45.5 Å². The van der Waals surface area contributed by atoms with Crippen molar-refractivity contribution in [1.29, 1.82) is 0 Å². The highest BCUT2D eigenvalue weighted by atomic mass is 32.1. The summed E-state index contributed by atoms with van der Waals surface area (Å²) in [6.45, 7) is 0. The maximum absolute atomic E-state index is 5.36. The third-order valence-corrected chi connectivity index (χ3v) is 3.69. The highest BCUT2D eigenvalue weighted by Gasteiger charge is 2.05. The standard InChI is InChI=1S/C13H12N2S/c1-14-11-7-9-5-3-4-6-10(9)8-12(11)15(2)13(14)16/h3-8H,1-2H3. The molecule has 1 heterocycles. The number of imidazole rings is 1. The van der Waals surface area contributed by atoms with Gasteiger partial charge in [0.1, 0.15) is 0 Å². The minimum atomic E-state index is 0.852. The molecule has 1 aromatic heterocycles. The van der Waals surface area contributed by atoms with Crippen molar-refractivity contribution in [3.63, 3.8) is 0 Å². The van der Waals surface area contributed by atoms with Crippen LogP contribution in [0, 0.1) is 4.77 Å². The first kappa shape index (κ1) is 9.60. The number of fused-ring (bicyclic) bond motifs is 2. The fourth-order valence-electron chi connectivity index (χ4n) is 2.18. The Bertz CT molecular complexity index is 688. The van der Waals surface area contributed by atoms with E-state index in [-0.39, 0.29) is 0 Å². The zero-order chi connectivity index (χ0) is 11.3. The summed E-state index contributed by atoms with van der Waals surface area (Å²) in [5.41, 5.74) is 2.37. The Hall–Kier alpha value is -1.61. The second kappa shape index (κ2) is 3.19. The van der Waals surface area contributed by atoms with Gasteiger partial charge in [0.2, 0.25) is 0 Å². The zero-order valence-electron chi connectivity index (χ0n) is 9.27. The molecule has 3 rings (SSSR count). The predicted octanol–water partition coefficient (Wildman–Crippen LogP) is 3.40. The largest absolute Gasteiger partial charge is 0.320 e. The molecule has 3 heteroatoms. The van der Waals surface area contributed by atoms with Gasteiger partial charge in [0.05, 0.1) is 11.0 Å². The Kier molecular flexibility index (Phi) is 1.91. The van der Waals surface area contributed by atoms with Crippen LogP contribution in [0.2, 0.25) is 0 Å². The summed E-state index contributed by atoms with van der Waals surface area (Å²) in [4.78, 5) is 0. The van der Waals surface area contributed by atoms with Crippen LogP contribution in [0.15, 0.2) is 36.4 Å². The molecule has 2 aromatic carbocycles. The van der Waals surface area contributed by atoms with Gasteiger partial charge >= 0.3 is 0 Å². The number of hydrogen-bond donors (Lipinski definition) is 0. The predicted molar refractivity (Wildman–Crippen MR) is 70.2 cm³/mol. The summed E-state index contributed by atoms with van der Waals surface area (Å²) in [5, 5.41) is 2.51. The highest BCUT2D eigenvalue weighted by molar-refractivity contribution is 7.71. The van der Waals surface area contributed by atoms with Gasteiger partial charge in [-0.3, -0.25) is 0 Å². The number of hydrogen-bond acceptors (Lipinski definition) is 1. The second-order valence-corrected chi connectivity index (χ2v) is 4.45. The highest BCUT2D eigenvalue weighted by Crippen LogP contribution is 2.23. The second-order valence-electron chi connectivity index (χ2n) is 4.09. The number of nitrogens with zero attached hydrogens (tertiary/aromatic N) is 2. The Morgan fingerprint density at radius 2 is 1.31 bits per heavy atom. The third-order valence-electron chi connectivity index (χ3n) is 3.14. The number of aromatic nitrogens is 2. The molecule has 0 saturated heterocycles. The van der Waals surface area contributed by atoms with Crippen LogP contribution in [-0.4, -0.2) is 9.13 Å². The lowest BCUT2D eigenvalue weighted by molar-refractivity contribution is 0.834. The summed E-state index contributed by atoms with van der Waals surface area (Å²) in [5.74, 6) is 0. The third kappa shape index (κ3) is 1.15. The van der Waals surface area contributed by atoms with E-state index in [0.29, 0.717) is 0 Å². The van der Waals surface area contributed by atoms with Gasteiger partial charge in [0, 0.05) is 14.1 Å². The van der Waals surface area contributed by atoms with Crippen LogP contribution < -0.4 is 0 Å². The van der Waals surface area contributed by atoms with Crippen molar-refractivity contribution in [2.24, 2.45) is 14.1 Å². The SMILES string of the molecule is Cn1c(=S)n(C)c2cc3ccccc3cc21. The first-order valence-corrected chi connectivity index (χ1v) is 5.63. The van der Waals surface area contributed by atoms with E-state index in [9.17, 15) is 0 Å². The lowest BCUT2D eigenvalue weighted by Gasteiger charge is -2.00. The van der Waals surface area contributed by atoms with Crippen molar-refractivity contribution >= 4 is 34.0 Å². The number of aryl methyl sites for hydroxylation is 2. The van der Waals surface area contributed by atoms with Gasteiger partial charge < -0.3 is 9.13 Å². The molecule has 80 valence electrons. The molecule has 0 aliphatic heterocycles. The summed E-state index contributed by atoms with van der Waals surface area (Å²) in [6.07, 6.45) is 0. The van der Waals surface area contributed by atoms with Crippen molar-refractivity contribution in [3.8, 4) is 0 Å². The van der Waals surface area contributed by atoms with Gasteiger partial charge in [-0.1, -0.05) is 24.3 Å². The summed E-state index contributed by atoms with van der Waals surface area (Å²) < 4.78 is 4.96.